The van der Waals surface area contributed by atoms with Gasteiger partial charge in [0.15, 0.2) is 12.6 Å². The molecule has 0 spiro atoms. The Hall–Kier alpha value is -1.79. The van der Waals surface area contributed by atoms with Gasteiger partial charge < -0.3 is 65.1 Å². The first-order valence-corrected chi connectivity index (χ1v) is 35.7. The molecule has 12 atom stereocenters. The van der Waals surface area contributed by atoms with E-state index in [2.05, 4.69) is 55.6 Å². The Morgan fingerprint density at radius 1 is 0.424 bits per heavy atom. The minimum atomic E-state index is -1.78. The van der Waals surface area contributed by atoms with Crippen LogP contribution in [0.25, 0.3) is 0 Å². The Kier molecular flexibility index (Phi) is 52.4. The highest BCUT2D eigenvalue weighted by atomic mass is 16.7. The second kappa shape index (κ2) is 56.2. The number of aliphatic hydroxyl groups excluding tert-OH is 8. The Morgan fingerprint density at radius 3 is 1.19 bits per heavy atom. The fourth-order valence-electron chi connectivity index (χ4n) is 11.9. The predicted octanol–water partition coefficient (Wildman–Crippen LogP) is 14.5. The van der Waals surface area contributed by atoms with Crippen molar-refractivity contribution in [3.63, 3.8) is 0 Å². The normalized spacial score (nSPS) is 23.7. The molecule has 85 heavy (non-hydrogen) atoms. The van der Waals surface area contributed by atoms with E-state index in [1.165, 1.54) is 225 Å². The number of nitrogens with one attached hydrogen (secondary N) is 1. The summed E-state index contributed by atoms with van der Waals surface area (Å²) in [5, 5.41) is 87.3. The van der Waals surface area contributed by atoms with Gasteiger partial charge in [0, 0.05) is 6.42 Å². The van der Waals surface area contributed by atoms with Crippen LogP contribution in [0.5, 0.6) is 0 Å². The van der Waals surface area contributed by atoms with Gasteiger partial charge in [-0.3, -0.25) is 4.79 Å². The summed E-state index contributed by atoms with van der Waals surface area (Å²) in [5.74, 6) is -0.202. The molecule has 2 fully saturated rings. The molecule has 14 heteroatoms. The fraction of sp³-hybridized carbons (Fsp3) is 0.901. The quantitative estimate of drug-likeness (QED) is 0.0204. The number of aliphatic hydroxyl groups is 8. The van der Waals surface area contributed by atoms with E-state index < -0.39 is 86.8 Å². The van der Waals surface area contributed by atoms with E-state index in [-0.39, 0.29) is 12.5 Å². The van der Waals surface area contributed by atoms with Gasteiger partial charge in [0.25, 0.3) is 0 Å². The van der Waals surface area contributed by atoms with Crippen LogP contribution >= 0.6 is 0 Å². The molecule has 0 aromatic rings. The summed E-state index contributed by atoms with van der Waals surface area (Å²) in [5.41, 5.74) is 0. The second-order valence-corrected chi connectivity index (χ2v) is 25.4. The van der Waals surface area contributed by atoms with Crippen molar-refractivity contribution in [3.05, 3.63) is 36.5 Å². The van der Waals surface area contributed by atoms with Crippen LogP contribution in [0.4, 0.5) is 0 Å². The van der Waals surface area contributed by atoms with Crippen LogP contribution in [0, 0.1) is 0 Å². The maximum Gasteiger partial charge on any atom is 0.220 e. The van der Waals surface area contributed by atoms with Crippen molar-refractivity contribution in [3.8, 4) is 0 Å². The molecule has 0 aliphatic carbocycles. The minimum Gasteiger partial charge on any atom is -0.394 e. The van der Waals surface area contributed by atoms with Crippen LogP contribution in [0.1, 0.15) is 316 Å². The minimum absolute atomic E-state index is 0.202. The summed E-state index contributed by atoms with van der Waals surface area (Å²) in [6, 6.07) is -0.825. The molecular weight excluding hydrogens is 1070 g/mol. The molecular formula is C71H133NO13. The maximum atomic E-state index is 13.3. The van der Waals surface area contributed by atoms with E-state index in [0.29, 0.717) is 12.8 Å². The second-order valence-electron chi connectivity index (χ2n) is 25.4. The first kappa shape index (κ1) is 79.3. The number of carbonyl (C=O) groups excluding carboxylic acids is 1. The van der Waals surface area contributed by atoms with Gasteiger partial charge in [-0.25, -0.2) is 0 Å². The average Bonchev–Trinajstić information content (AvgIpc) is 3.60. The fourth-order valence-corrected chi connectivity index (χ4v) is 11.9. The molecule has 2 saturated heterocycles. The molecule has 2 rings (SSSR count). The number of amides is 1. The van der Waals surface area contributed by atoms with Gasteiger partial charge in [0.1, 0.15) is 48.8 Å². The van der Waals surface area contributed by atoms with Crippen molar-refractivity contribution in [2.75, 3.05) is 19.8 Å². The van der Waals surface area contributed by atoms with Gasteiger partial charge in [0.05, 0.1) is 32.0 Å². The first-order valence-electron chi connectivity index (χ1n) is 35.7. The van der Waals surface area contributed by atoms with Crippen LogP contribution in [0.2, 0.25) is 0 Å². The smallest absolute Gasteiger partial charge is 0.220 e. The topological polar surface area (TPSA) is 228 Å². The lowest BCUT2D eigenvalue weighted by molar-refractivity contribution is -0.359. The summed E-state index contributed by atoms with van der Waals surface area (Å²) in [6.07, 6.45) is 54.8. The average molecular weight is 1210 g/mol. The van der Waals surface area contributed by atoms with Crippen molar-refractivity contribution in [1.29, 1.82) is 0 Å². The van der Waals surface area contributed by atoms with Gasteiger partial charge in [-0.2, -0.15) is 0 Å². The van der Waals surface area contributed by atoms with Crippen LogP contribution in [0.3, 0.4) is 0 Å². The number of unbranched alkanes of at least 4 members (excludes halogenated alkanes) is 40. The maximum absolute atomic E-state index is 13.3. The standard InChI is InChI=1S/C71H133NO13/c1-3-5-7-9-11-13-15-17-18-19-20-21-22-23-24-25-26-27-28-29-30-31-32-33-34-35-36-37-38-39-40-41-42-43-45-47-49-51-53-55-63(76)72-59(60(75)54-52-50-48-46-44-16-14-12-10-8-6-4-2)58-82-70-68(81)66(79)69(62(57-74)84-70)85-71-67(80)65(78)64(77)61(56-73)83-71/h15,17,19-20,22-23,59-62,64-71,73-75,77-81H,3-14,16,18,21,24-58H2,1-2H3,(H,72,76)/b17-15-,20-19-,23-22-. The zero-order valence-corrected chi connectivity index (χ0v) is 54.4. The third-order valence-electron chi connectivity index (χ3n) is 17.6. The number of hydrogen-bond acceptors (Lipinski definition) is 13. The van der Waals surface area contributed by atoms with Gasteiger partial charge in [0.2, 0.25) is 5.91 Å². The summed E-state index contributed by atoms with van der Waals surface area (Å²) in [6.45, 7) is 2.87. The molecule has 0 saturated carbocycles. The zero-order valence-electron chi connectivity index (χ0n) is 54.4. The Labute approximate surface area is 519 Å². The lowest BCUT2D eigenvalue weighted by Gasteiger charge is -2.46. The largest absolute Gasteiger partial charge is 0.394 e. The van der Waals surface area contributed by atoms with E-state index in [1.807, 2.05) is 0 Å². The van der Waals surface area contributed by atoms with E-state index in [9.17, 15) is 45.6 Å². The van der Waals surface area contributed by atoms with Crippen LogP contribution in [-0.2, 0) is 23.7 Å². The van der Waals surface area contributed by atoms with Gasteiger partial charge in [-0.1, -0.05) is 294 Å². The Bertz CT molecular complexity index is 1560. The molecule has 1 amide bonds. The molecule has 0 radical (unpaired) electrons. The number of allylic oxidation sites excluding steroid dienone is 6. The predicted molar refractivity (Wildman–Crippen MR) is 346 cm³/mol. The van der Waals surface area contributed by atoms with Gasteiger partial charge in [-0.15, -0.1) is 0 Å². The van der Waals surface area contributed by atoms with Gasteiger partial charge >= 0.3 is 0 Å². The number of ether oxygens (including phenoxy) is 4. The van der Waals surface area contributed by atoms with E-state index in [4.69, 9.17) is 18.9 Å². The Balaban J connectivity index is 1.53. The molecule has 0 bridgehead atoms. The molecule has 0 aromatic carbocycles. The van der Waals surface area contributed by atoms with Gasteiger partial charge in [-0.05, 0) is 51.4 Å². The highest BCUT2D eigenvalue weighted by Gasteiger charge is 2.51. The zero-order chi connectivity index (χ0) is 61.6. The number of hydrogen-bond donors (Lipinski definition) is 9. The molecule has 2 aliphatic heterocycles. The van der Waals surface area contributed by atoms with Crippen molar-refractivity contribution in [2.24, 2.45) is 0 Å². The number of carbonyl (C=O) groups is 1. The highest BCUT2D eigenvalue weighted by molar-refractivity contribution is 5.76. The summed E-state index contributed by atoms with van der Waals surface area (Å²) >= 11 is 0. The van der Waals surface area contributed by atoms with E-state index in [1.54, 1.807) is 0 Å². The summed E-state index contributed by atoms with van der Waals surface area (Å²) < 4.78 is 22.9. The monoisotopic (exact) mass is 1210 g/mol. The molecule has 2 heterocycles. The van der Waals surface area contributed by atoms with Crippen molar-refractivity contribution in [1.82, 2.24) is 5.32 Å². The molecule has 9 N–H and O–H groups in total. The summed E-state index contributed by atoms with van der Waals surface area (Å²) in [4.78, 5) is 13.3. The highest BCUT2D eigenvalue weighted by Crippen LogP contribution is 2.30. The van der Waals surface area contributed by atoms with Crippen LogP contribution < -0.4 is 5.32 Å². The lowest BCUT2D eigenvalue weighted by atomic mass is 9.97. The Morgan fingerprint density at radius 2 is 0.776 bits per heavy atom. The van der Waals surface area contributed by atoms with Crippen LogP contribution in [0.15, 0.2) is 36.5 Å². The van der Waals surface area contributed by atoms with Crippen molar-refractivity contribution in [2.45, 2.75) is 389 Å². The molecule has 0 aromatic heterocycles. The molecule has 500 valence electrons. The van der Waals surface area contributed by atoms with Crippen molar-refractivity contribution < 1.29 is 64.6 Å². The summed E-state index contributed by atoms with van der Waals surface area (Å²) in [7, 11) is 0. The number of rotatable bonds is 59. The van der Waals surface area contributed by atoms with E-state index >= 15 is 0 Å². The molecule has 12 unspecified atom stereocenters. The molecule has 14 nitrogen and oxygen atoms in total. The third kappa shape index (κ3) is 40.5. The SMILES string of the molecule is CCCCCCC/C=C\C/C=C\C/C=C\CCCCCCCCCCCCCCCCCCCCCCCCCCC(=O)NC(COC1OC(CO)C(OC2OC(CO)C(O)C(O)C2O)C(O)C1O)C(O)CCCCCCCCCCCCCC. The van der Waals surface area contributed by atoms with Crippen LogP contribution in [-0.4, -0.2) is 140 Å². The lowest BCUT2D eigenvalue weighted by Crippen LogP contribution is -2.65. The third-order valence-corrected chi connectivity index (χ3v) is 17.6. The van der Waals surface area contributed by atoms with Crippen molar-refractivity contribution >= 4 is 5.91 Å². The molecule has 2 aliphatic rings. The first-order chi connectivity index (χ1) is 41.6. The van der Waals surface area contributed by atoms with E-state index in [0.717, 1.165) is 64.2 Å².